The molecule has 0 spiro atoms. The molecule has 0 aromatic heterocycles. The molecule has 2 rings (SSSR count). The molecule has 224 valence electrons. The molecule has 0 amide bonds. The number of rotatable bonds is 22. The average molecular weight is 553 g/mol. The minimum Gasteiger partial charge on any atom is -0.455 e. The molecule has 0 aliphatic rings. The molecule has 0 saturated carbocycles. The topological polar surface area (TPSA) is 35.5 Å². The van der Waals surface area contributed by atoms with E-state index in [1.807, 2.05) is 37.3 Å². The summed E-state index contributed by atoms with van der Waals surface area (Å²) in [5.74, 6) is 0.657. The Labute approximate surface area is 246 Å². The maximum absolute atomic E-state index is 13.3. The van der Waals surface area contributed by atoms with E-state index < -0.39 is 6.29 Å². The van der Waals surface area contributed by atoms with Gasteiger partial charge in [-0.1, -0.05) is 140 Å². The Balaban J connectivity index is 1.79. The molecular formula is C36H58NO3+. The van der Waals surface area contributed by atoms with Gasteiger partial charge in [-0.25, -0.2) is 4.79 Å². The molecule has 0 aliphatic heterocycles. The second-order valence-corrected chi connectivity index (χ2v) is 12.0. The van der Waals surface area contributed by atoms with Gasteiger partial charge in [0.25, 0.3) is 0 Å². The molecule has 0 radical (unpaired) electrons. The number of ether oxygens (including phenoxy) is 2. The molecule has 2 aromatic rings. The summed E-state index contributed by atoms with van der Waals surface area (Å²) >= 11 is 0. The number of benzene rings is 2. The number of unbranched alkanes of at least 4 members (excludes halogenated alkanes) is 11. The van der Waals surface area contributed by atoms with E-state index in [-0.39, 0.29) is 12.0 Å². The van der Waals surface area contributed by atoms with Crippen molar-refractivity contribution >= 4 is 5.97 Å². The normalized spacial score (nSPS) is 13.1. The summed E-state index contributed by atoms with van der Waals surface area (Å²) in [5.41, 5.74) is 2.42. The number of hydrogen-bond donors (Lipinski definition) is 0. The van der Waals surface area contributed by atoms with Gasteiger partial charge in [0.2, 0.25) is 6.29 Å². The van der Waals surface area contributed by atoms with Gasteiger partial charge in [-0.15, -0.1) is 0 Å². The van der Waals surface area contributed by atoms with Crippen LogP contribution in [-0.2, 0) is 22.5 Å². The predicted molar refractivity (Wildman–Crippen MR) is 168 cm³/mol. The first kappa shape index (κ1) is 33.9. The first-order chi connectivity index (χ1) is 19.4. The van der Waals surface area contributed by atoms with Crippen molar-refractivity contribution in [3.63, 3.8) is 0 Å². The van der Waals surface area contributed by atoms with E-state index in [1.165, 1.54) is 81.8 Å². The first-order valence-electron chi connectivity index (χ1n) is 16.2. The van der Waals surface area contributed by atoms with Crippen molar-refractivity contribution in [3.8, 4) is 5.75 Å². The van der Waals surface area contributed by atoms with Crippen molar-refractivity contribution in [2.24, 2.45) is 0 Å². The molecule has 0 bridgehead atoms. The van der Waals surface area contributed by atoms with E-state index in [2.05, 4.69) is 52.2 Å². The van der Waals surface area contributed by atoms with Crippen molar-refractivity contribution in [2.75, 3.05) is 14.1 Å². The largest absolute Gasteiger partial charge is 0.455 e. The molecule has 0 aliphatic carbocycles. The zero-order valence-electron chi connectivity index (χ0n) is 26.3. The number of aryl methyl sites for hydroxylation is 1. The van der Waals surface area contributed by atoms with Crippen LogP contribution in [0.25, 0.3) is 0 Å². The summed E-state index contributed by atoms with van der Waals surface area (Å²) < 4.78 is 12.8. The summed E-state index contributed by atoms with van der Waals surface area (Å²) in [4.78, 5) is 13.3. The quantitative estimate of drug-likeness (QED) is 0.0631. The Morgan fingerprint density at radius 2 is 1.25 bits per heavy atom. The molecule has 4 heteroatoms. The van der Waals surface area contributed by atoms with Crippen molar-refractivity contribution in [2.45, 2.75) is 136 Å². The second-order valence-electron chi connectivity index (χ2n) is 12.0. The van der Waals surface area contributed by atoms with E-state index in [0.29, 0.717) is 17.3 Å². The zero-order valence-corrected chi connectivity index (χ0v) is 26.3. The third-order valence-corrected chi connectivity index (χ3v) is 8.05. The smallest absolute Gasteiger partial charge is 0.368 e. The fourth-order valence-corrected chi connectivity index (χ4v) is 5.63. The number of para-hydroxylation sites is 1. The molecule has 0 N–H and O–H groups in total. The number of quaternary nitrogens is 1. The van der Waals surface area contributed by atoms with E-state index in [4.69, 9.17) is 9.47 Å². The van der Waals surface area contributed by atoms with Crippen LogP contribution in [0.4, 0.5) is 0 Å². The summed E-state index contributed by atoms with van der Waals surface area (Å²) in [7, 11) is 4.21. The zero-order chi connectivity index (χ0) is 29.1. The van der Waals surface area contributed by atoms with Crippen LogP contribution in [0.5, 0.6) is 5.75 Å². The van der Waals surface area contributed by atoms with Crippen LogP contribution in [-0.4, -0.2) is 36.9 Å². The SMILES string of the molecule is CCCCCCCCCCCCCCc1ccccc1OC(CC)OC(=O)C(CC)[N+](C)(C)Cc1ccccc1. The van der Waals surface area contributed by atoms with Crippen LogP contribution >= 0.6 is 0 Å². The van der Waals surface area contributed by atoms with Crippen LogP contribution in [0.2, 0.25) is 0 Å². The Hall–Kier alpha value is -2.33. The maximum Gasteiger partial charge on any atom is 0.368 e. The number of likely N-dealkylation sites (N-methyl/N-ethyl adjacent to an activating group) is 1. The third-order valence-electron chi connectivity index (χ3n) is 8.05. The number of nitrogens with zero attached hydrogens (tertiary/aromatic N) is 1. The van der Waals surface area contributed by atoms with Gasteiger partial charge in [-0.3, -0.25) is 0 Å². The van der Waals surface area contributed by atoms with Gasteiger partial charge in [-0.2, -0.15) is 0 Å². The molecule has 0 saturated heterocycles. The highest BCUT2D eigenvalue weighted by Gasteiger charge is 2.36. The lowest BCUT2D eigenvalue weighted by molar-refractivity contribution is -0.919. The Morgan fingerprint density at radius 3 is 1.82 bits per heavy atom. The maximum atomic E-state index is 13.3. The number of esters is 1. The van der Waals surface area contributed by atoms with Gasteiger partial charge in [0.05, 0.1) is 14.1 Å². The molecule has 2 aromatic carbocycles. The van der Waals surface area contributed by atoms with Gasteiger partial charge >= 0.3 is 5.97 Å². The number of carbonyl (C=O) groups excluding carboxylic acids is 1. The minimum absolute atomic E-state index is 0.186. The average Bonchev–Trinajstić information content (AvgIpc) is 2.94. The summed E-state index contributed by atoms with van der Waals surface area (Å²) in [6, 6.07) is 18.3. The lowest BCUT2D eigenvalue weighted by atomic mass is 10.0. The monoisotopic (exact) mass is 552 g/mol. The Kier molecular flexibility index (Phi) is 16.7. The van der Waals surface area contributed by atoms with Gasteiger partial charge in [0.15, 0.2) is 6.04 Å². The van der Waals surface area contributed by atoms with Crippen LogP contribution < -0.4 is 4.74 Å². The summed E-state index contributed by atoms with van der Waals surface area (Å²) in [6.45, 7) is 7.12. The lowest BCUT2D eigenvalue weighted by Gasteiger charge is -2.36. The first-order valence-corrected chi connectivity index (χ1v) is 16.2. The van der Waals surface area contributed by atoms with E-state index in [1.54, 1.807) is 0 Å². The standard InChI is InChI=1S/C36H58NO3/c1-6-9-10-11-12-13-14-15-16-17-18-22-27-32-28-23-24-29-34(32)39-35(8-3)40-36(38)33(7-2)37(4,5)30-31-25-20-19-21-26-31/h19-21,23-26,28-29,33,35H,6-18,22,27,30H2,1-5H3/q+1. The number of hydrogen-bond acceptors (Lipinski definition) is 3. The highest BCUT2D eigenvalue weighted by atomic mass is 16.7. The molecule has 2 atom stereocenters. The van der Waals surface area contributed by atoms with Crippen molar-refractivity contribution in [1.29, 1.82) is 0 Å². The summed E-state index contributed by atoms with van der Waals surface area (Å²) in [6.07, 6.45) is 17.9. The number of carbonyl (C=O) groups is 1. The molecule has 2 unspecified atom stereocenters. The van der Waals surface area contributed by atoms with Crippen LogP contribution in [0.15, 0.2) is 54.6 Å². The molecular weight excluding hydrogens is 494 g/mol. The van der Waals surface area contributed by atoms with Crippen molar-refractivity contribution in [1.82, 2.24) is 0 Å². The van der Waals surface area contributed by atoms with Crippen molar-refractivity contribution in [3.05, 3.63) is 65.7 Å². The van der Waals surface area contributed by atoms with E-state index in [9.17, 15) is 4.79 Å². The summed E-state index contributed by atoms with van der Waals surface area (Å²) in [5, 5.41) is 0. The van der Waals surface area contributed by atoms with E-state index in [0.717, 1.165) is 25.1 Å². The van der Waals surface area contributed by atoms with Gasteiger partial charge in [0.1, 0.15) is 12.3 Å². The van der Waals surface area contributed by atoms with Gasteiger partial charge < -0.3 is 14.0 Å². The van der Waals surface area contributed by atoms with Crippen LogP contribution in [0.1, 0.15) is 122 Å². The molecule has 0 heterocycles. The Morgan fingerprint density at radius 1 is 0.700 bits per heavy atom. The predicted octanol–water partition coefficient (Wildman–Crippen LogP) is 9.64. The molecule has 0 fully saturated rings. The lowest BCUT2D eigenvalue weighted by Crippen LogP contribution is -2.53. The molecule has 4 nitrogen and oxygen atoms in total. The van der Waals surface area contributed by atoms with Gasteiger partial charge in [0, 0.05) is 18.4 Å². The van der Waals surface area contributed by atoms with Crippen LogP contribution in [0, 0.1) is 0 Å². The minimum atomic E-state index is -0.582. The van der Waals surface area contributed by atoms with Crippen molar-refractivity contribution < 1.29 is 18.8 Å². The third kappa shape index (κ3) is 12.9. The van der Waals surface area contributed by atoms with Gasteiger partial charge in [-0.05, 0) is 24.5 Å². The highest BCUT2D eigenvalue weighted by Crippen LogP contribution is 2.25. The highest BCUT2D eigenvalue weighted by molar-refractivity contribution is 5.74. The van der Waals surface area contributed by atoms with Crippen LogP contribution in [0.3, 0.4) is 0 Å². The Bertz CT molecular complexity index is 927. The van der Waals surface area contributed by atoms with E-state index >= 15 is 0 Å². The second kappa shape index (κ2) is 19.7. The fraction of sp³-hybridized carbons (Fsp3) is 0.639. The fourth-order valence-electron chi connectivity index (χ4n) is 5.63. The molecule has 40 heavy (non-hydrogen) atoms.